The molecule has 14 heavy (non-hydrogen) atoms. The second-order valence-corrected chi connectivity index (χ2v) is 2.42. The number of alkyl halides is 3. The SMILES string of the molecule is CC.Cc1ncn(CCC(F)(F)F)n1. The number of hydrogen-bond acceptors (Lipinski definition) is 2. The summed E-state index contributed by atoms with van der Waals surface area (Å²) in [5.74, 6) is 0.483. The highest BCUT2D eigenvalue weighted by Crippen LogP contribution is 2.19. The molecule has 82 valence electrons. The maximum atomic E-state index is 11.7. The lowest BCUT2D eigenvalue weighted by Gasteiger charge is -2.04. The van der Waals surface area contributed by atoms with Gasteiger partial charge in [-0.15, -0.1) is 0 Å². The van der Waals surface area contributed by atoms with Gasteiger partial charge in [0.2, 0.25) is 0 Å². The second kappa shape index (κ2) is 5.62. The Hall–Kier alpha value is -1.07. The van der Waals surface area contributed by atoms with Crippen LogP contribution in [-0.4, -0.2) is 20.9 Å². The lowest BCUT2D eigenvalue weighted by Crippen LogP contribution is -2.12. The maximum Gasteiger partial charge on any atom is 0.390 e. The van der Waals surface area contributed by atoms with Gasteiger partial charge in [0.15, 0.2) is 0 Å². The highest BCUT2D eigenvalue weighted by Gasteiger charge is 2.26. The zero-order chi connectivity index (χ0) is 11.2. The summed E-state index contributed by atoms with van der Waals surface area (Å²) in [6.45, 7) is 5.47. The minimum atomic E-state index is -4.13. The van der Waals surface area contributed by atoms with Crippen molar-refractivity contribution in [3.63, 3.8) is 0 Å². The van der Waals surface area contributed by atoms with Crippen molar-refractivity contribution in [2.75, 3.05) is 0 Å². The summed E-state index contributed by atoms with van der Waals surface area (Å²) in [6.07, 6.45) is -3.70. The summed E-state index contributed by atoms with van der Waals surface area (Å²) < 4.78 is 36.2. The molecule has 0 saturated carbocycles. The Balaban J connectivity index is 0.000000791. The van der Waals surface area contributed by atoms with Gasteiger partial charge in [0.05, 0.1) is 13.0 Å². The quantitative estimate of drug-likeness (QED) is 0.749. The molecule has 0 unspecified atom stereocenters. The van der Waals surface area contributed by atoms with Gasteiger partial charge in [-0.1, -0.05) is 13.8 Å². The highest BCUT2D eigenvalue weighted by atomic mass is 19.4. The van der Waals surface area contributed by atoms with Crippen LogP contribution in [0.4, 0.5) is 13.2 Å². The van der Waals surface area contributed by atoms with Crippen LogP contribution in [0.2, 0.25) is 0 Å². The summed E-state index contributed by atoms with van der Waals surface area (Å²) in [5, 5.41) is 3.72. The van der Waals surface area contributed by atoms with E-state index in [4.69, 9.17) is 0 Å². The number of halogens is 3. The second-order valence-electron chi connectivity index (χ2n) is 2.42. The molecule has 1 aromatic rings. The fraction of sp³-hybridized carbons (Fsp3) is 0.750. The Labute approximate surface area is 81.0 Å². The van der Waals surface area contributed by atoms with Crippen LogP contribution in [0.15, 0.2) is 6.33 Å². The molecule has 0 radical (unpaired) electrons. The molecule has 0 fully saturated rings. The van der Waals surface area contributed by atoms with Crippen LogP contribution in [0, 0.1) is 6.92 Å². The zero-order valence-electron chi connectivity index (χ0n) is 8.47. The first-order valence-corrected chi connectivity index (χ1v) is 4.40. The molecular formula is C8H14F3N3. The minimum absolute atomic E-state index is 0.162. The molecule has 3 nitrogen and oxygen atoms in total. The van der Waals surface area contributed by atoms with Crippen molar-refractivity contribution in [2.45, 2.75) is 39.9 Å². The van der Waals surface area contributed by atoms with Gasteiger partial charge in [0.1, 0.15) is 12.2 Å². The predicted octanol–water partition coefficient (Wildman–Crippen LogP) is 2.57. The van der Waals surface area contributed by atoms with Gasteiger partial charge in [-0.25, -0.2) is 4.98 Å². The summed E-state index contributed by atoms with van der Waals surface area (Å²) in [4.78, 5) is 3.70. The number of rotatable bonds is 2. The van der Waals surface area contributed by atoms with Crippen LogP contribution in [0.25, 0.3) is 0 Å². The first kappa shape index (κ1) is 12.9. The topological polar surface area (TPSA) is 30.7 Å². The van der Waals surface area contributed by atoms with Gasteiger partial charge < -0.3 is 0 Å². The Morgan fingerprint density at radius 1 is 1.36 bits per heavy atom. The van der Waals surface area contributed by atoms with E-state index in [1.807, 2.05) is 13.8 Å². The third-order valence-corrected chi connectivity index (χ3v) is 1.28. The number of hydrogen-bond donors (Lipinski definition) is 0. The van der Waals surface area contributed by atoms with Crippen LogP contribution in [0.3, 0.4) is 0 Å². The van der Waals surface area contributed by atoms with Crippen LogP contribution in [0.5, 0.6) is 0 Å². The average Bonchev–Trinajstić information content (AvgIpc) is 2.50. The molecule has 0 amide bonds. The third-order valence-electron chi connectivity index (χ3n) is 1.28. The smallest absolute Gasteiger partial charge is 0.252 e. The fourth-order valence-electron chi connectivity index (χ4n) is 0.737. The summed E-state index contributed by atoms with van der Waals surface area (Å²) in [6, 6.07) is 0. The van der Waals surface area contributed by atoms with E-state index in [1.165, 1.54) is 11.0 Å². The van der Waals surface area contributed by atoms with Crippen LogP contribution < -0.4 is 0 Å². The van der Waals surface area contributed by atoms with E-state index in [2.05, 4.69) is 10.1 Å². The van der Waals surface area contributed by atoms with Gasteiger partial charge in [-0.05, 0) is 6.92 Å². The molecule has 0 aliphatic carbocycles. The van der Waals surface area contributed by atoms with Crippen molar-refractivity contribution >= 4 is 0 Å². The van der Waals surface area contributed by atoms with Gasteiger partial charge in [0, 0.05) is 0 Å². The Bertz CT molecular complexity index is 255. The molecular weight excluding hydrogens is 195 g/mol. The molecule has 1 rings (SSSR count). The molecule has 0 aromatic carbocycles. The zero-order valence-corrected chi connectivity index (χ0v) is 8.47. The van der Waals surface area contributed by atoms with Crippen molar-refractivity contribution in [2.24, 2.45) is 0 Å². The first-order chi connectivity index (χ1) is 6.47. The largest absolute Gasteiger partial charge is 0.390 e. The Morgan fingerprint density at radius 2 is 1.93 bits per heavy atom. The van der Waals surface area contributed by atoms with E-state index in [0.29, 0.717) is 5.82 Å². The van der Waals surface area contributed by atoms with Crippen LogP contribution >= 0.6 is 0 Å². The van der Waals surface area contributed by atoms with Crippen LogP contribution in [0.1, 0.15) is 26.1 Å². The van der Waals surface area contributed by atoms with Crippen molar-refractivity contribution in [1.82, 2.24) is 14.8 Å². The van der Waals surface area contributed by atoms with E-state index >= 15 is 0 Å². The fourth-order valence-corrected chi connectivity index (χ4v) is 0.737. The van der Waals surface area contributed by atoms with E-state index in [9.17, 15) is 13.2 Å². The molecule has 0 bridgehead atoms. The Kier molecular flexibility index (Phi) is 5.19. The van der Waals surface area contributed by atoms with Crippen LogP contribution in [-0.2, 0) is 6.54 Å². The molecule has 0 N–H and O–H groups in total. The molecule has 1 heterocycles. The number of aromatic nitrogens is 3. The van der Waals surface area contributed by atoms with E-state index in [1.54, 1.807) is 6.92 Å². The van der Waals surface area contributed by atoms with Crippen molar-refractivity contribution in [3.8, 4) is 0 Å². The van der Waals surface area contributed by atoms with E-state index < -0.39 is 12.6 Å². The first-order valence-electron chi connectivity index (χ1n) is 4.40. The summed E-state index contributed by atoms with van der Waals surface area (Å²) in [7, 11) is 0. The van der Waals surface area contributed by atoms with E-state index in [-0.39, 0.29) is 6.54 Å². The van der Waals surface area contributed by atoms with E-state index in [0.717, 1.165) is 0 Å². The normalized spacial score (nSPS) is 10.7. The molecule has 1 aromatic heterocycles. The average molecular weight is 209 g/mol. The predicted molar refractivity (Wildman–Crippen MR) is 46.8 cm³/mol. The minimum Gasteiger partial charge on any atom is -0.252 e. The monoisotopic (exact) mass is 209 g/mol. The van der Waals surface area contributed by atoms with Gasteiger partial charge in [-0.3, -0.25) is 4.68 Å². The lowest BCUT2D eigenvalue weighted by atomic mass is 10.4. The Morgan fingerprint density at radius 3 is 2.29 bits per heavy atom. The standard InChI is InChI=1S/C6H8F3N3.C2H6/c1-5-10-4-12(11-5)3-2-6(7,8)9;1-2/h4H,2-3H2,1H3;1-2H3. The molecule has 0 spiro atoms. The van der Waals surface area contributed by atoms with Crippen molar-refractivity contribution < 1.29 is 13.2 Å². The maximum absolute atomic E-state index is 11.7. The number of aryl methyl sites for hydroxylation is 2. The molecule has 0 atom stereocenters. The summed E-state index contributed by atoms with van der Waals surface area (Å²) >= 11 is 0. The lowest BCUT2D eigenvalue weighted by molar-refractivity contribution is -0.137. The van der Waals surface area contributed by atoms with Gasteiger partial charge in [-0.2, -0.15) is 18.3 Å². The molecule has 0 saturated heterocycles. The third kappa shape index (κ3) is 5.55. The molecule has 6 heteroatoms. The van der Waals surface area contributed by atoms with Gasteiger partial charge in [0.25, 0.3) is 0 Å². The summed E-state index contributed by atoms with van der Waals surface area (Å²) in [5.41, 5.74) is 0. The van der Waals surface area contributed by atoms with Gasteiger partial charge >= 0.3 is 6.18 Å². The highest BCUT2D eigenvalue weighted by molar-refractivity contribution is 4.74. The molecule has 0 aliphatic rings. The molecule has 0 aliphatic heterocycles. The van der Waals surface area contributed by atoms with Crippen molar-refractivity contribution in [3.05, 3.63) is 12.2 Å². The van der Waals surface area contributed by atoms with Crippen molar-refractivity contribution in [1.29, 1.82) is 0 Å². The number of nitrogens with zero attached hydrogens (tertiary/aromatic N) is 3.